The van der Waals surface area contributed by atoms with Crippen molar-refractivity contribution in [2.24, 2.45) is 22.0 Å². The van der Waals surface area contributed by atoms with E-state index in [9.17, 15) is 19.2 Å². The molecule has 2 atom stereocenters. The first-order chi connectivity index (χ1) is 11.2. The molecule has 0 spiro atoms. The first-order valence-electron chi connectivity index (χ1n) is 7.76. The number of nitrogens with zero attached hydrogens (tertiary/aromatic N) is 2. The largest absolute Gasteiger partial charge is 0.480 e. The summed E-state index contributed by atoms with van der Waals surface area (Å²) in [4.78, 5) is 46.2. The van der Waals surface area contributed by atoms with E-state index in [-0.39, 0.29) is 24.3 Å². The van der Waals surface area contributed by atoms with E-state index in [0.717, 1.165) is 0 Å². The molecule has 0 aromatic carbocycles. The highest BCUT2D eigenvalue weighted by molar-refractivity contribution is 6.19. The molecule has 0 aliphatic rings. The van der Waals surface area contributed by atoms with Crippen molar-refractivity contribution in [2.75, 3.05) is 0 Å². The average molecular weight is 340 g/mol. The molecule has 0 aliphatic carbocycles. The number of hydrogen-bond acceptors (Lipinski definition) is 6. The van der Waals surface area contributed by atoms with E-state index in [2.05, 4.69) is 10.2 Å². The Balaban J connectivity index is 5.50. The third kappa shape index (κ3) is 6.39. The SMILES string of the molecule is CCCC(=O)C(C(=O)O)/C(C)=N/N=C(\C)C(C(=O)O)C(=O)CCC. The number of carbonyl (C=O) groups is 4. The second kappa shape index (κ2) is 10.4. The zero-order valence-corrected chi connectivity index (χ0v) is 14.4. The number of carboxylic acid groups (broad SMARTS) is 2. The number of hydrogen-bond donors (Lipinski definition) is 2. The van der Waals surface area contributed by atoms with Crippen LogP contribution in [0.3, 0.4) is 0 Å². The summed E-state index contributed by atoms with van der Waals surface area (Å²) in [5, 5.41) is 25.7. The average Bonchev–Trinajstić information content (AvgIpc) is 2.45. The lowest BCUT2D eigenvalue weighted by molar-refractivity contribution is -0.145. The highest BCUT2D eigenvalue weighted by atomic mass is 16.4. The molecule has 0 radical (unpaired) electrons. The van der Waals surface area contributed by atoms with Crippen LogP contribution in [-0.2, 0) is 19.2 Å². The molecule has 0 rings (SSSR count). The predicted molar refractivity (Wildman–Crippen MR) is 88.3 cm³/mol. The topological polar surface area (TPSA) is 133 Å². The zero-order valence-electron chi connectivity index (χ0n) is 14.4. The maximum atomic E-state index is 11.8. The van der Waals surface area contributed by atoms with Gasteiger partial charge in [0, 0.05) is 12.8 Å². The molecule has 0 aromatic rings. The Labute approximate surface area is 140 Å². The van der Waals surface area contributed by atoms with Gasteiger partial charge in [-0.05, 0) is 26.7 Å². The molecule has 8 heteroatoms. The van der Waals surface area contributed by atoms with Gasteiger partial charge >= 0.3 is 11.9 Å². The van der Waals surface area contributed by atoms with E-state index in [1.54, 1.807) is 13.8 Å². The molecule has 24 heavy (non-hydrogen) atoms. The van der Waals surface area contributed by atoms with Crippen LogP contribution in [0.15, 0.2) is 10.2 Å². The molecule has 2 unspecified atom stereocenters. The summed E-state index contributed by atoms with van der Waals surface area (Å²) in [5.74, 6) is -6.49. The Bertz CT molecular complexity index is 515. The normalized spacial score (nSPS) is 14.8. The Morgan fingerprint density at radius 3 is 1.25 bits per heavy atom. The lowest BCUT2D eigenvalue weighted by atomic mass is 9.96. The fraction of sp³-hybridized carbons (Fsp3) is 0.625. The van der Waals surface area contributed by atoms with Gasteiger partial charge in [0.15, 0.2) is 23.4 Å². The zero-order chi connectivity index (χ0) is 18.9. The molecule has 2 N–H and O–H groups in total. The molecule has 0 fully saturated rings. The Hall–Kier alpha value is -2.38. The van der Waals surface area contributed by atoms with Gasteiger partial charge < -0.3 is 10.2 Å². The van der Waals surface area contributed by atoms with Crippen LogP contribution in [0.4, 0.5) is 0 Å². The number of carbonyl (C=O) groups excluding carboxylic acids is 2. The minimum Gasteiger partial charge on any atom is -0.480 e. The van der Waals surface area contributed by atoms with Crippen LogP contribution in [0.2, 0.25) is 0 Å². The van der Waals surface area contributed by atoms with Crippen LogP contribution in [0.5, 0.6) is 0 Å². The molecular weight excluding hydrogens is 316 g/mol. The number of rotatable bonds is 11. The van der Waals surface area contributed by atoms with Crippen molar-refractivity contribution in [3.63, 3.8) is 0 Å². The van der Waals surface area contributed by atoms with E-state index in [1.165, 1.54) is 13.8 Å². The summed E-state index contributed by atoms with van der Waals surface area (Å²) >= 11 is 0. The third-order valence-electron chi connectivity index (χ3n) is 3.33. The molecular formula is C16H24N2O6. The van der Waals surface area contributed by atoms with Crippen LogP contribution >= 0.6 is 0 Å². The van der Waals surface area contributed by atoms with Crippen LogP contribution < -0.4 is 0 Å². The highest BCUT2D eigenvalue weighted by Crippen LogP contribution is 2.11. The van der Waals surface area contributed by atoms with Gasteiger partial charge in [-0.1, -0.05) is 13.8 Å². The van der Waals surface area contributed by atoms with Gasteiger partial charge in [0.25, 0.3) is 0 Å². The third-order valence-corrected chi connectivity index (χ3v) is 3.33. The number of aliphatic carboxylic acids is 2. The van der Waals surface area contributed by atoms with E-state index in [0.29, 0.717) is 12.8 Å². The number of Topliss-reactive ketones (excluding diaryl/α,β-unsaturated/α-hetero) is 2. The van der Waals surface area contributed by atoms with Crippen molar-refractivity contribution in [3.8, 4) is 0 Å². The summed E-state index contributed by atoms with van der Waals surface area (Å²) in [7, 11) is 0. The van der Waals surface area contributed by atoms with Crippen molar-refractivity contribution in [1.82, 2.24) is 0 Å². The Kier molecular flexibility index (Phi) is 9.37. The Morgan fingerprint density at radius 1 is 0.750 bits per heavy atom. The van der Waals surface area contributed by atoms with Gasteiger partial charge in [-0.25, -0.2) is 0 Å². The molecule has 0 saturated carbocycles. The summed E-state index contributed by atoms with van der Waals surface area (Å²) in [5.41, 5.74) is -0.0974. The second-order valence-electron chi connectivity index (χ2n) is 5.46. The molecule has 134 valence electrons. The fourth-order valence-corrected chi connectivity index (χ4v) is 2.15. The molecule has 0 saturated heterocycles. The maximum Gasteiger partial charge on any atom is 0.319 e. The minimum absolute atomic E-state index is 0.0487. The van der Waals surface area contributed by atoms with Gasteiger partial charge in [-0.15, -0.1) is 0 Å². The van der Waals surface area contributed by atoms with Gasteiger partial charge in [0.05, 0.1) is 11.4 Å². The van der Waals surface area contributed by atoms with E-state index in [4.69, 9.17) is 10.2 Å². The van der Waals surface area contributed by atoms with Crippen molar-refractivity contribution in [3.05, 3.63) is 0 Å². The standard InChI is InChI=1S/C16H24N2O6/c1-5-7-11(19)13(15(21)22)9(3)17-18-10(4)14(16(23)24)12(20)8-6-2/h13-14H,5-8H2,1-4H3,(H,21,22)(H,23,24)/b17-9+,18-10+. The highest BCUT2D eigenvalue weighted by Gasteiger charge is 2.30. The van der Waals surface area contributed by atoms with Crippen LogP contribution in [-0.4, -0.2) is 45.1 Å². The van der Waals surface area contributed by atoms with Crippen molar-refractivity contribution in [2.45, 2.75) is 53.4 Å². The van der Waals surface area contributed by atoms with Gasteiger partial charge in [0.2, 0.25) is 0 Å². The molecule has 0 aromatic heterocycles. The summed E-state index contributed by atoms with van der Waals surface area (Å²) in [6, 6.07) is 0. The quantitative estimate of drug-likeness (QED) is 0.335. The fourth-order valence-electron chi connectivity index (χ4n) is 2.15. The molecule has 8 nitrogen and oxygen atoms in total. The first-order valence-corrected chi connectivity index (χ1v) is 7.76. The van der Waals surface area contributed by atoms with E-state index < -0.39 is 35.3 Å². The lowest BCUT2D eigenvalue weighted by Crippen LogP contribution is -2.31. The number of ketones is 2. The summed E-state index contributed by atoms with van der Waals surface area (Å²) in [6.45, 7) is 6.18. The predicted octanol–water partition coefficient (Wildman–Crippen LogP) is 1.96. The van der Waals surface area contributed by atoms with Gasteiger partial charge in [-0.3, -0.25) is 19.2 Å². The van der Waals surface area contributed by atoms with Gasteiger partial charge in [-0.2, -0.15) is 10.2 Å². The summed E-state index contributed by atoms with van der Waals surface area (Å²) < 4.78 is 0. The molecule has 0 amide bonds. The monoisotopic (exact) mass is 340 g/mol. The van der Waals surface area contributed by atoms with Crippen LogP contribution in [0, 0.1) is 11.8 Å². The van der Waals surface area contributed by atoms with Crippen LogP contribution in [0.1, 0.15) is 53.4 Å². The number of carboxylic acids is 2. The lowest BCUT2D eigenvalue weighted by Gasteiger charge is -2.11. The maximum absolute atomic E-state index is 11.8. The van der Waals surface area contributed by atoms with Crippen LogP contribution in [0.25, 0.3) is 0 Å². The second-order valence-corrected chi connectivity index (χ2v) is 5.46. The van der Waals surface area contributed by atoms with Crippen molar-refractivity contribution < 1.29 is 29.4 Å². The van der Waals surface area contributed by atoms with Crippen molar-refractivity contribution >= 4 is 34.9 Å². The molecule has 0 bridgehead atoms. The first kappa shape index (κ1) is 21.6. The van der Waals surface area contributed by atoms with E-state index >= 15 is 0 Å². The molecule has 0 heterocycles. The Morgan fingerprint density at radius 2 is 1.04 bits per heavy atom. The molecule has 0 aliphatic heterocycles. The summed E-state index contributed by atoms with van der Waals surface area (Å²) in [6.07, 6.45) is 1.20. The smallest absolute Gasteiger partial charge is 0.319 e. The van der Waals surface area contributed by atoms with Gasteiger partial charge in [0.1, 0.15) is 0 Å². The minimum atomic E-state index is -1.42. The van der Waals surface area contributed by atoms with E-state index in [1.807, 2.05) is 0 Å². The van der Waals surface area contributed by atoms with Crippen molar-refractivity contribution in [1.29, 1.82) is 0 Å².